The first-order valence-electron chi connectivity index (χ1n) is 11.8. The number of hydrogen-bond donors (Lipinski definition) is 1. The second-order valence-electron chi connectivity index (χ2n) is 8.91. The predicted molar refractivity (Wildman–Crippen MR) is 149 cm³/mol. The first-order chi connectivity index (χ1) is 19.1. The number of nitrogens with zero attached hydrogens (tertiary/aromatic N) is 5. The molecule has 1 amide bonds. The van der Waals surface area contributed by atoms with Crippen LogP contribution in [0.2, 0.25) is 4.34 Å². The Hall–Kier alpha value is -3.74. The number of benzene rings is 2. The van der Waals surface area contributed by atoms with E-state index in [0.29, 0.717) is 29.5 Å². The highest BCUT2D eigenvalue weighted by Crippen LogP contribution is 2.40. The topological polar surface area (TPSA) is 83.1 Å². The summed E-state index contributed by atoms with van der Waals surface area (Å²) in [6.45, 7) is 0. The minimum absolute atomic E-state index is 0.0502. The number of amides is 1. The first kappa shape index (κ1) is 26.5. The van der Waals surface area contributed by atoms with Crippen LogP contribution in [0.15, 0.2) is 82.4 Å². The van der Waals surface area contributed by atoms with Crippen LogP contribution in [0, 0.1) is 0 Å². The second kappa shape index (κ2) is 10.0. The number of aromatic nitrogens is 3. The normalized spacial score (nSPS) is 15.6. The zero-order valence-corrected chi connectivity index (χ0v) is 23.3. The molecule has 202 valence electrons. The molecule has 3 aromatic heterocycles. The van der Waals surface area contributed by atoms with Crippen molar-refractivity contribution in [1.82, 2.24) is 19.6 Å². The third-order valence-electron chi connectivity index (χ3n) is 6.34. The Morgan fingerprint density at radius 1 is 1.07 bits per heavy atom. The maximum absolute atomic E-state index is 14.1. The van der Waals surface area contributed by atoms with Gasteiger partial charge in [-0.05, 0) is 42.0 Å². The predicted octanol–water partition coefficient (Wildman–Crippen LogP) is 7.59. The molecule has 0 saturated heterocycles. The molecule has 1 unspecified atom stereocenters. The van der Waals surface area contributed by atoms with Gasteiger partial charge in [0, 0.05) is 22.5 Å². The highest BCUT2D eigenvalue weighted by atomic mass is 79.9. The van der Waals surface area contributed by atoms with Crippen LogP contribution in [0.5, 0.6) is 5.75 Å². The lowest BCUT2D eigenvalue weighted by Crippen LogP contribution is -2.27. The number of carbonyl (C=O) groups excluding carboxylic acids is 1. The number of alkyl halides is 3. The molecule has 40 heavy (non-hydrogen) atoms. The Bertz CT molecular complexity index is 1810. The molecule has 1 N–H and O–H groups in total. The number of aromatic hydroxyl groups is 1. The number of fused-ring (bicyclic) bond motifs is 1. The Balaban J connectivity index is 1.47. The lowest BCUT2D eigenvalue weighted by atomic mass is 9.97. The maximum atomic E-state index is 14.1. The summed E-state index contributed by atoms with van der Waals surface area (Å²) in [4.78, 5) is 18.6. The van der Waals surface area contributed by atoms with Gasteiger partial charge in [-0.2, -0.15) is 23.4 Å². The van der Waals surface area contributed by atoms with Gasteiger partial charge < -0.3 is 5.11 Å². The van der Waals surface area contributed by atoms with Crippen molar-refractivity contribution in [2.75, 3.05) is 0 Å². The van der Waals surface area contributed by atoms with Gasteiger partial charge in [-0.3, -0.25) is 4.79 Å². The fourth-order valence-electron chi connectivity index (χ4n) is 4.51. The summed E-state index contributed by atoms with van der Waals surface area (Å²) >= 11 is 10.5. The number of thiophene rings is 1. The van der Waals surface area contributed by atoms with Crippen LogP contribution in [0.25, 0.3) is 16.2 Å². The van der Waals surface area contributed by atoms with E-state index in [-0.39, 0.29) is 29.2 Å². The molecule has 13 heteroatoms. The molecular weight excluding hydrogens is 631 g/mol. The number of halogens is 5. The zero-order chi connectivity index (χ0) is 28.2. The summed E-state index contributed by atoms with van der Waals surface area (Å²) in [6.07, 6.45) is -4.51. The molecule has 1 atom stereocenters. The van der Waals surface area contributed by atoms with E-state index >= 15 is 0 Å². The van der Waals surface area contributed by atoms with Crippen LogP contribution < -0.4 is 0 Å². The van der Waals surface area contributed by atoms with Gasteiger partial charge in [0.05, 0.1) is 26.7 Å². The molecule has 6 rings (SSSR count). The van der Waals surface area contributed by atoms with Gasteiger partial charge in [-0.1, -0.05) is 57.9 Å². The number of phenolic OH excluding ortho intramolecular Hbond substituents is 1. The number of hydrogen-bond acceptors (Lipinski definition) is 6. The molecule has 1 aliphatic rings. The van der Waals surface area contributed by atoms with E-state index in [0.717, 1.165) is 28.0 Å². The molecule has 5 aromatic rings. The summed E-state index contributed by atoms with van der Waals surface area (Å²) in [5, 5.41) is 20.3. The minimum Gasteiger partial charge on any atom is -0.508 e. The van der Waals surface area contributed by atoms with Crippen molar-refractivity contribution >= 4 is 56.1 Å². The summed E-state index contributed by atoms with van der Waals surface area (Å²) in [5.41, 5.74) is 0.293. The quantitative estimate of drug-likeness (QED) is 0.218. The lowest BCUT2D eigenvalue weighted by Gasteiger charge is -2.22. The van der Waals surface area contributed by atoms with Gasteiger partial charge in [-0.15, -0.1) is 11.3 Å². The van der Waals surface area contributed by atoms with E-state index in [1.54, 1.807) is 24.3 Å². The van der Waals surface area contributed by atoms with Crippen molar-refractivity contribution < 1.29 is 23.1 Å². The smallest absolute Gasteiger partial charge is 0.433 e. The van der Waals surface area contributed by atoms with Crippen molar-refractivity contribution in [3.05, 3.63) is 104 Å². The molecule has 0 aliphatic carbocycles. The molecule has 2 aromatic carbocycles. The highest BCUT2D eigenvalue weighted by Gasteiger charge is 2.38. The minimum atomic E-state index is -4.78. The summed E-state index contributed by atoms with van der Waals surface area (Å²) < 4.78 is 43.9. The van der Waals surface area contributed by atoms with Crippen molar-refractivity contribution in [3.8, 4) is 16.3 Å². The average Bonchev–Trinajstić information content (AvgIpc) is 3.67. The van der Waals surface area contributed by atoms with Crippen LogP contribution in [0.4, 0.5) is 13.2 Å². The van der Waals surface area contributed by atoms with E-state index in [4.69, 9.17) is 11.6 Å². The molecule has 1 aliphatic heterocycles. The summed E-state index contributed by atoms with van der Waals surface area (Å²) in [5.74, 6) is -0.791. The van der Waals surface area contributed by atoms with Gasteiger partial charge >= 0.3 is 6.18 Å². The summed E-state index contributed by atoms with van der Waals surface area (Å²) in [6, 6.07) is 18.5. The molecule has 7 nitrogen and oxygen atoms in total. The van der Waals surface area contributed by atoms with E-state index < -0.39 is 23.8 Å². The highest BCUT2D eigenvalue weighted by molar-refractivity contribution is 9.10. The van der Waals surface area contributed by atoms with E-state index in [2.05, 4.69) is 31.1 Å². The van der Waals surface area contributed by atoms with Crippen LogP contribution in [-0.2, 0) is 6.18 Å². The molecule has 0 bridgehead atoms. The second-order valence-corrected chi connectivity index (χ2v) is 11.5. The standard InChI is InChI=1S/C27H16BrClF3N5O2S/c28-15-6-7-21(38)16(10-15)20-11-17(14-4-2-1-3-5-14)34-36(20)26(39)19-13-25-33-18(22-8-9-24(29)40-22)12-23(27(30,31)32)37(25)35-19/h1-10,12-13,20,38H,11H2. The Morgan fingerprint density at radius 2 is 1.85 bits per heavy atom. The van der Waals surface area contributed by atoms with Gasteiger partial charge in [0.25, 0.3) is 5.91 Å². The van der Waals surface area contributed by atoms with Gasteiger partial charge in [0.15, 0.2) is 17.0 Å². The van der Waals surface area contributed by atoms with Crippen LogP contribution >= 0.6 is 38.9 Å². The third-order valence-corrected chi connectivity index (χ3v) is 8.08. The number of rotatable bonds is 4. The number of phenols is 1. The van der Waals surface area contributed by atoms with Crippen molar-refractivity contribution in [2.24, 2.45) is 5.10 Å². The van der Waals surface area contributed by atoms with Crippen LogP contribution in [-0.4, -0.2) is 36.3 Å². The summed E-state index contributed by atoms with van der Waals surface area (Å²) in [7, 11) is 0. The lowest BCUT2D eigenvalue weighted by molar-refractivity contribution is -0.142. The average molecular weight is 647 g/mol. The molecule has 0 radical (unpaired) electrons. The van der Waals surface area contributed by atoms with Crippen molar-refractivity contribution in [3.63, 3.8) is 0 Å². The number of carbonyl (C=O) groups is 1. The van der Waals surface area contributed by atoms with E-state index in [9.17, 15) is 23.1 Å². The third kappa shape index (κ3) is 4.87. The van der Waals surface area contributed by atoms with Gasteiger partial charge in [-0.25, -0.2) is 14.5 Å². The molecule has 0 saturated carbocycles. The van der Waals surface area contributed by atoms with E-state index in [1.807, 2.05) is 30.3 Å². The van der Waals surface area contributed by atoms with Gasteiger partial charge in [0.1, 0.15) is 5.75 Å². The molecule has 4 heterocycles. The van der Waals surface area contributed by atoms with E-state index in [1.165, 1.54) is 12.1 Å². The maximum Gasteiger partial charge on any atom is 0.433 e. The Morgan fingerprint density at radius 3 is 2.55 bits per heavy atom. The molecule has 0 fully saturated rings. The fraction of sp³-hybridized carbons (Fsp3) is 0.111. The Kier molecular flexibility index (Phi) is 6.64. The van der Waals surface area contributed by atoms with Crippen molar-refractivity contribution in [1.29, 1.82) is 0 Å². The Labute approximate surface area is 242 Å². The fourth-order valence-corrected chi connectivity index (χ4v) is 5.90. The molecular formula is C27H16BrClF3N5O2S. The molecule has 0 spiro atoms. The van der Waals surface area contributed by atoms with Crippen LogP contribution in [0.1, 0.15) is 39.8 Å². The monoisotopic (exact) mass is 645 g/mol. The SMILES string of the molecule is O=C(c1cc2nc(-c3ccc(Cl)s3)cc(C(F)(F)F)n2n1)N1N=C(c2ccccc2)CC1c1cc(Br)ccc1O. The van der Waals surface area contributed by atoms with Crippen LogP contribution in [0.3, 0.4) is 0 Å². The zero-order valence-electron chi connectivity index (χ0n) is 20.1. The van der Waals surface area contributed by atoms with Crippen molar-refractivity contribution in [2.45, 2.75) is 18.6 Å². The van der Waals surface area contributed by atoms with Gasteiger partial charge in [0.2, 0.25) is 0 Å². The first-order valence-corrected chi connectivity index (χ1v) is 13.8. The number of hydrazone groups is 1. The largest absolute Gasteiger partial charge is 0.508 e.